The van der Waals surface area contributed by atoms with Crippen molar-refractivity contribution in [3.8, 4) is 11.5 Å². The molecule has 0 N–H and O–H groups in total. The molecule has 0 aromatic heterocycles. The Labute approximate surface area is 210 Å². The largest absolute Gasteiger partial charge is 0.496 e. The van der Waals surface area contributed by atoms with Gasteiger partial charge in [0.15, 0.2) is 5.70 Å². The van der Waals surface area contributed by atoms with Crippen molar-refractivity contribution in [1.82, 2.24) is 0 Å². The Bertz CT molecular complexity index is 1440. The number of carbonyl (C=O) groups excluding carboxylic acids is 2. The number of benzene rings is 3. The molecule has 0 saturated heterocycles. The molecule has 1 aliphatic rings. The third kappa shape index (κ3) is 5.65. The van der Waals surface area contributed by atoms with Crippen LogP contribution < -0.4 is 9.47 Å². The van der Waals surface area contributed by atoms with Gasteiger partial charge in [-0.3, -0.25) is 10.1 Å². The molecule has 0 saturated carbocycles. The van der Waals surface area contributed by atoms with Gasteiger partial charge in [-0.15, -0.1) is 0 Å². The highest BCUT2D eigenvalue weighted by atomic mass is 35.5. The lowest BCUT2D eigenvalue weighted by molar-refractivity contribution is -0.384. The quantitative estimate of drug-likeness (QED) is 0.142. The van der Waals surface area contributed by atoms with Gasteiger partial charge < -0.3 is 14.2 Å². The number of cyclic esters (lactones) is 1. The van der Waals surface area contributed by atoms with Crippen molar-refractivity contribution >= 4 is 47.3 Å². The van der Waals surface area contributed by atoms with Crippen molar-refractivity contribution in [3.05, 3.63) is 110 Å². The third-order valence-corrected chi connectivity index (χ3v) is 5.19. The molecule has 3 aromatic rings. The van der Waals surface area contributed by atoms with Gasteiger partial charge in [-0.05, 0) is 54.1 Å². The van der Waals surface area contributed by atoms with Crippen molar-refractivity contribution in [2.45, 2.75) is 0 Å². The summed E-state index contributed by atoms with van der Waals surface area (Å²) < 4.78 is 16.0. The number of nitro benzene ring substituents is 1. The summed E-state index contributed by atoms with van der Waals surface area (Å²) in [6, 6.07) is 17.1. The summed E-state index contributed by atoms with van der Waals surface area (Å²) in [6.07, 6.45) is 4.10. The smallest absolute Gasteiger partial charge is 0.363 e. The van der Waals surface area contributed by atoms with Gasteiger partial charge in [0.2, 0.25) is 5.90 Å². The number of rotatable bonds is 7. The van der Waals surface area contributed by atoms with E-state index in [0.29, 0.717) is 27.5 Å². The van der Waals surface area contributed by atoms with Crippen LogP contribution in [0.1, 0.15) is 16.7 Å². The number of ether oxygens (including phenoxy) is 3. The average molecular weight is 505 g/mol. The minimum Gasteiger partial charge on any atom is -0.496 e. The lowest BCUT2D eigenvalue weighted by atomic mass is 10.1. The molecule has 1 heterocycles. The van der Waals surface area contributed by atoms with Crippen LogP contribution in [0.2, 0.25) is 5.02 Å². The van der Waals surface area contributed by atoms with Gasteiger partial charge in [0, 0.05) is 28.8 Å². The SMILES string of the molecule is COc1ccc(Cl)cc1C1=N/C(=C\c2ccccc2OC(=O)/C=C/c2ccc([N+](=O)[O-])cc2)C(=O)O1. The number of para-hydroxylation sites is 1. The molecule has 0 amide bonds. The van der Waals surface area contributed by atoms with E-state index in [9.17, 15) is 19.7 Å². The number of carbonyl (C=O) groups is 2. The summed E-state index contributed by atoms with van der Waals surface area (Å²) in [5.41, 5.74) is 1.36. The first-order chi connectivity index (χ1) is 17.3. The first kappa shape index (κ1) is 24.4. The van der Waals surface area contributed by atoms with Crippen molar-refractivity contribution in [3.63, 3.8) is 0 Å². The van der Waals surface area contributed by atoms with Crippen LogP contribution in [0.15, 0.2) is 83.5 Å². The van der Waals surface area contributed by atoms with Gasteiger partial charge >= 0.3 is 11.9 Å². The first-order valence-electron chi connectivity index (χ1n) is 10.4. The topological polar surface area (TPSA) is 117 Å². The lowest BCUT2D eigenvalue weighted by Gasteiger charge is -2.07. The summed E-state index contributed by atoms with van der Waals surface area (Å²) in [5, 5.41) is 11.2. The second kappa shape index (κ2) is 10.7. The third-order valence-electron chi connectivity index (χ3n) is 4.95. The number of nitro groups is 1. The Balaban J connectivity index is 1.54. The van der Waals surface area contributed by atoms with E-state index in [1.165, 1.54) is 49.6 Å². The maximum absolute atomic E-state index is 12.5. The predicted molar refractivity (Wildman–Crippen MR) is 133 cm³/mol. The van der Waals surface area contributed by atoms with Crippen LogP contribution in [0.25, 0.3) is 12.2 Å². The van der Waals surface area contributed by atoms with E-state index in [4.69, 9.17) is 25.8 Å². The van der Waals surface area contributed by atoms with Gasteiger partial charge in [-0.2, -0.15) is 0 Å². The number of hydrogen-bond donors (Lipinski definition) is 0. The van der Waals surface area contributed by atoms with Crippen molar-refractivity contribution < 1.29 is 28.7 Å². The molecule has 0 atom stereocenters. The zero-order valence-electron chi connectivity index (χ0n) is 18.7. The maximum Gasteiger partial charge on any atom is 0.363 e. The summed E-state index contributed by atoms with van der Waals surface area (Å²) in [5.74, 6) is -0.708. The fourth-order valence-corrected chi connectivity index (χ4v) is 3.40. The summed E-state index contributed by atoms with van der Waals surface area (Å²) >= 11 is 6.06. The van der Waals surface area contributed by atoms with E-state index < -0.39 is 16.9 Å². The average Bonchev–Trinajstić information content (AvgIpc) is 3.24. The zero-order valence-corrected chi connectivity index (χ0v) is 19.5. The van der Waals surface area contributed by atoms with E-state index in [1.54, 1.807) is 42.5 Å². The van der Waals surface area contributed by atoms with E-state index in [1.807, 2.05) is 0 Å². The standard InChI is InChI=1S/C26H17ClN2O7/c1-34-23-12-9-18(27)15-20(23)25-28-21(26(31)36-25)14-17-4-2-3-5-22(17)35-24(30)13-8-16-6-10-19(11-7-16)29(32)33/h2-15H,1H3/b13-8+,21-14-. The highest BCUT2D eigenvalue weighted by Gasteiger charge is 2.27. The molecule has 0 fully saturated rings. The van der Waals surface area contributed by atoms with Crippen LogP contribution in [0, 0.1) is 10.1 Å². The molecule has 0 radical (unpaired) electrons. The molecule has 9 nitrogen and oxygen atoms in total. The second-order valence-electron chi connectivity index (χ2n) is 7.32. The van der Waals surface area contributed by atoms with Gasteiger partial charge in [-0.25, -0.2) is 14.6 Å². The predicted octanol–water partition coefficient (Wildman–Crippen LogP) is 5.22. The normalized spacial score (nSPS) is 14.0. The first-order valence-corrected chi connectivity index (χ1v) is 10.8. The molecule has 3 aromatic carbocycles. The lowest BCUT2D eigenvalue weighted by Crippen LogP contribution is -2.07. The van der Waals surface area contributed by atoms with Crippen LogP contribution in [-0.2, 0) is 14.3 Å². The van der Waals surface area contributed by atoms with Crippen molar-refractivity contribution in [1.29, 1.82) is 0 Å². The Morgan fingerprint density at radius 1 is 1.08 bits per heavy atom. The van der Waals surface area contributed by atoms with Gasteiger partial charge in [0.05, 0.1) is 17.6 Å². The number of halogens is 1. The highest BCUT2D eigenvalue weighted by Crippen LogP contribution is 2.29. The highest BCUT2D eigenvalue weighted by molar-refractivity contribution is 6.31. The van der Waals surface area contributed by atoms with Crippen LogP contribution in [0.4, 0.5) is 5.69 Å². The molecule has 10 heteroatoms. The Morgan fingerprint density at radius 3 is 2.56 bits per heavy atom. The molecule has 180 valence electrons. The fourth-order valence-electron chi connectivity index (χ4n) is 3.23. The molecule has 0 unspecified atom stereocenters. The molecule has 4 rings (SSSR count). The molecule has 0 bridgehead atoms. The second-order valence-corrected chi connectivity index (χ2v) is 7.76. The molecule has 0 aliphatic carbocycles. The van der Waals surface area contributed by atoms with E-state index in [2.05, 4.69) is 4.99 Å². The molecule has 1 aliphatic heterocycles. The molecule has 0 spiro atoms. The minimum atomic E-state index is -0.689. The number of esters is 2. The zero-order chi connectivity index (χ0) is 25.7. The molecular weight excluding hydrogens is 488 g/mol. The fraction of sp³-hybridized carbons (Fsp3) is 0.0385. The molecule has 36 heavy (non-hydrogen) atoms. The summed E-state index contributed by atoms with van der Waals surface area (Å²) in [4.78, 5) is 39.3. The van der Waals surface area contributed by atoms with E-state index in [0.717, 1.165) is 0 Å². The Morgan fingerprint density at radius 2 is 1.83 bits per heavy atom. The van der Waals surface area contributed by atoms with Crippen molar-refractivity contribution in [2.75, 3.05) is 7.11 Å². The van der Waals surface area contributed by atoms with Crippen LogP contribution in [0.5, 0.6) is 11.5 Å². The monoisotopic (exact) mass is 504 g/mol. The Kier molecular flexibility index (Phi) is 7.22. The number of methoxy groups -OCH3 is 1. The summed E-state index contributed by atoms with van der Waals surface area (Å²) in [7, 11) is 1.47. The van der Waals surface area contributed by atoms with Gasteiger partial charge in [0.1, 0.15) is 11.5 Å². The Hall–Kier alpha value is -4.76. The van der Waals surface area contributed by atoms with E-state index in [-0.39, 0.29) is 23.0 Å². The number of non-ortho nitro benzene ring substituents is 1. The maximum atomic E-state index is 12.5. The number of nitrogens with zero attached hydrogens (tertiary/aromatic N) is 2. The minimum absolute atomic E-state index is 0.00282. The van der Waals surface area contributed by atoms with Gasteiger partial charge in [0.25, 0.3) is 5.69 Å². The number of hydrogen-bond acceptors (Lipinski definition) is 8. The van der Waals surface area contributed by atoms with Crippen LogP contribution in [-0.4, -0.2) is 29.9 Å². The van der Waals surface area contributed by atoms with Crippen LogP contribution >= 0.6 is 11.6 Å². The summed E-state index contributed by atoms with van der Waals surface area (Å²) in [6.45, 7) is 0. The van der Waals surface area contributed by atoms with Gasteiger partial charge in [-0.1, -0.05) is 29.8 Å². The number of aliphatic imine (C=N–C) groups is 1. The van der Waals surface area contributed by atoms with Crippen molar-refractivity contribution in [2.24, 2.45) is 4.99 Å². The van der Waals surface area contributed by atoms with E-state index >= 15 is 0 Å². The molecular formula is C26H17ClN2O7. The van der Waals surface area contributed by atoms with Crippen LogP contribution in [0.3, 0.4) is 0 Å².